The Balaban J connectivity index is 2.01. The van der Waals surface area contributed by atoms with Crippen LogP contribution >= 0.6 is 0 Å². The summed E-state index contributed by atoms with van der Waals surface area (Å²) in [7, 11) is 0. The van der Waals surface area contributed by atoms with Crippen molar-refractivity contribution in [3.63, 3.8) is 0 Å². The number of imidazole rings is 1. The van der Waals surface area contributed by atoms with Crippen molar-refractivity contribution in [2.24, 2.45) is 0 Å². The number of benzene rings is 2. The summed E-state index contributed by atoms with van der Waals surface area (Å²) in [6.45, 7) is 4.62. The van der Waals surface area contributed by atoms with Gasteiger partial charge in [-0.2, -0.15) is 0 Å². The van der Waals surface area contributed by atoms with Crippen LogP contribution in [0.1, 0.15) is 40.1 Å². The summed E-state index contributed by atoms with van der Waals surface area (Å²) in [6.07, 6.45) is 0.675. The molecule has 3 rings (SSSR count). The van der Waals surface area contributed by atoms with Gasteiger partial charge < -0.3 is 9.30 Å². The molecule has 128 valence electrons. The Morgan fingerprint density at radius 1 is 1.00 bits per heavy atom. The highest BCUT2D eigenvalue weighted by Gasteiger charge is 2.22. The third-order valence-corrected chi connectivity index (χ3v) is 4.08. The number of aromatic nitrogens is 2. The lowest BCUT2D eigenvalue weighted by atomic mass is 10.1. The molecule has 4 heteroatoms. The summed E-state index contributed by atoms with van der Waals surface area (Å²) in [5.74, 6) is 0.554. The summed E-state index contributed by atoms with van der Waals surface area (Å²) in [5.41, 5.74) is 3.54. The number of esters is 1. The van der Waals surface area contributed by atoms with Crippen LogP contribution in [0, 0.1) is 6.92 Å². The van der Waals surface area contributed by atoms with Gasteiger partial charge >= 0.3 is 5.97 Å². The van der Waals surface area contributed by atoms with E-state index in [0.29, 0.717) is 31.0 Å². The lowest BCUT2D eigenvalue weighted by Crippen LogP contribution is -2.16. The number of hydrogen-bond acceptors (Lipinski definition) is 3. The van der Waals surface area contributed by atoms with Gasteiger partial charge in [-0.3, -0.25) is 0 Å². The predicted molar refractivity (Wildman–Crippen MR) is 97.7 cm³/mol. The van der Waals surface area contributed by atoms with Crippen molar-refractivity contribution in [2.45, 2.75) is 26.8 Å². The maximum Gasteiger partial charge on any atom is 0.356 e. The fourth-order valence-corrected chi connectivity index (χ4v) is 2.94. The molecule has 4 nitrogen and oxygen atoms in total. The van der Waals surface area contributed by atoms with Crippen LogP contribution in [0.15, 0.2) is 60.7 Å². The van der Waals surface area contributed by atoms with E-state index in [0.717, 1.165) is 17.0 Å². The fourth-order valence-electron chi connectivity index (χ4n) is 2.94. The SMILES string of the molecule is CCOC(=O)c1c(C)nc(Cc2ccccc2)n1Cc1ccccc1. The number of nitrogens with zero attached hydrogens (tertiary/aromatic N) is 2. The minimum Gasteiger partial charge on any atom is -0.461 e. The van der Waals surface area contributed by atoms with Gasteiger partial charge in [0.1, 0.15) is 5.82 Å². The second kappa shape index (κ2) is 7.79. The highest BCUT2D eigenvalue weighted by Crippen LogP contribution is 2.18. The van der Waals surface area contributed by atoms with E-state index in [1.807, 2.05) is 54.8 Å². The fraction of sp³-hybridized carbons (Fsp3) is 0.238. The highest BCUT2D eigenvalue weighted by molar-refractivity contribution is 5.89. The van der Waals surface area contributed by atoms with Crippen molar-refractivity contribution in [1.82, 2.24) is 9.55 Å². The minimum absolute atomic E-state index is 0.317. The van der Waals surface area contributed by atoms with Gasteiger partial charge in [0.15, 0.2) is 5.69 Å². The van der Waals surface area contributed by atoms with Gasteiger partial charge in [-0.15, -0.1) is 0 Å². The molecule has 1 aromatic heterocycles. The molecule has 0 bridgehead atoms. The van der Waals surface area contributed by atoms with Crippen LogP contribution in [0.25, 0.3) is 0 Å². The van der Waals surface area contributed by atoms with E-state index in [4.69, 9.17) is 4.74 Å². The van der Waals surface area contributed by atoms with Crippen LogP contribution in [-0.4, -0.2) is 22.1 Å². The standard InChI is InChI=1S/C21H22N2O2/c1-3-25-21(24)20-16(2)22-19(14-17-10-6-4-7-11-17)23(20)15-18-12-8-5-9-13-18/h4-13H,3,14-15H2,1-2H3. The number of carbonyl (C=O) groups is 1. The minimum atomic E-state index is -0.317. The van der Waals surface area contributed by atoms with E-state index in [2.05, 4.69) is 29.2 Å². The van der Waals surface area contributed by atoms with E-state index in [1.54, 1.807) is 0 Å². The first-order chi connectivity index (χ1) is 12.2. The molecule has 0 radical (unpaired) electrons. The topological polar surface area (TPSA) is 44.1 Å². The lowest BCUT2D eigenvalue weighted by Gasteiger charge is -2.12. The molecule has 0 aliphatic heterocycles. The summed E-state index contributed by atoms with van der Waals surface area (Å²) < 4.78 is 7.23. The Kier molecular flexibility index (Phi) is 5.29. The van der Waals surface area contributed by atoms with Crippen LogP contribution in [0.3, 0.4) is 0 Å². The molecule has 0 spiro atoms. The zero-order chi connectivity index (χ0) is 17.6. The Hall–Kier alpha value is -2.88. The first-order valence-electron chi connectivity index (χ1n) is 8.50. The second-order valence-electron chi connectivity index (χ2n) is 5.92. The quantitative estimate of drug-likeness (QED) is 0.640. The average Bonchev–Trinajstić information content (AvgIpc) is 2.92. The first-order valence-corrected chi connectivity index (χ1v) is 8.50. The Morgan fingerprint density at radius 2 is 1.60 bits per heavy atom. The van der Waals surface area contributed by atoms with Crippen molar-refractivity contribution >= 4 is 5.97 Å². The normalized spacial score (nSPS) is 10.6. The van der Waals surface area contributed by atoms with Gasteiger partial charge in [0.2, 0.25) is 0 Å². The van der Waals surface area contributed by atoms with Crippen molar-refractivity contribution in [3.05, 3.63) is 89.0 Å². The number of aryl methyl sites for hydroxylation is 1. The molecule has 0 atom stereocenters. The summed E-state index contributed by atoms with van der Waals surface area (Å²) in [6, 6.07) is 20.3. The third-order valence-electron chi connectivity index (χ3n) is 4.08. The molecular formula is C21H22N2O2. The van der Waals surface area contributed by atoms with Crippen molar-refractivity contribution in [2.75, 3.05) is 6.61 Å². The summed E-state index contributed by atoms with van der Waals surface area (Å²) in [5, 5.41) is 0. The largest absolute Gasteiger partial charge is 0.461 e. The maximum absolute atomic E-state index is 12.5. The lowest BCUT2D eigenvalue weighted by molar-refractivity contribution is 0.0513. The van der Waals surface area contributed by atoms with Gasteiger partial charge in [-0.1, -0.05) is 60.7 Å². The number of ether oxygens (including phenoxy) is 1. The molecule has 3 aromatic rings. The Bertz CT molecular complexity index is 839. The summed E-state index contributed by atoms with van der Waals surface area (Å²) in [4.78, 5) is 17.1. The zero-order valence-corrected chi connectivity index (χ0v) is 14.6. The maximum atomic E-state index is 12.5. The van der Waals surface area contributed by atoms with E-state index in [1.165, 1.54) is 0 Å². The number of hydrogen-bond donors (Lipinski definition) is 0. The van der Waals surface area contributed by atoms with E-state index < -0.39 is 0 Å². The molecule has 0 unspecified atom stereocenters. The van der Waals surface area contributed by atoms with Crippen LogP contribution in [-0.2, 0) is 17.7 Å². The first kappa shape index (κ1) is 17.0. The van der Waals surface area contributed by atoms with Crippen molar-refractivity contribution in [3.8, 4) is 0 Å². The average molecular weight is 334 g/mol. The van der Waals surface area contributed by atoms with Crippen molar-refractivity contribution in [1.29, 1.82) is 0 Å². The van der Waals surface area contributed by atoms with Gasteiger partial charge in [0.05, 0.1) is 12.3 Å². The van der Waals surface area contributed by atoms with Crippen molar-refractivity contribution < 1.29 is 9.53 Å². The van der Waals surface area contributed by atoms with Crippen LogP contribution < -0.4 is 0 Å². The number of carbonyl (C=O) groups excluding carboxylic acids is 1. The molecule has 0 aliphatic rings. The van der Waals surface area contributed by atoms with E-state index in [-0.39, 0.29) is 5.97 Å². The zero-order valence-electron chi connectivity index (χ0n) is 14.6. The van der Waals surface area contributed by atoms with E-state index in [9.17, 15) is 4.79 Å². The molecule has 0 N–H and O–H groups in total. The molecular weight excluding hydrogens is 312 g/mol. The second-order valence-corrected chi connectivity index (χ2v) is 5.92. The van der Waals surface area contributed by atoms with Gasteiger partial charge in [-0.05, 0) is 25.0 Å². The third kappa shape index (κ3) is 3.97. The molecule has 0 saturated carbocycles. The van der Waals surface area contributed by atoms with Gasteiger partial charge in [0.25, 0.3) is 0 Å². The van der Waals surface area contributed by atoms with Crippen LogP contribution in [0.4, 0.5) is 0 Å². The smallest absolute Gasteiger partial charge is 0.356 e. The monoisotopic (exact) mass is 334 g/mol. The molecule has 0 fully saturated rings. The van der Waals surface area contributed by atoms with E-state index >= 15 is 0 Å². The molecule has 0 aliphatic carbocycles. The highest BCUT2D eigenvalue weighted by atomic mass is 16.5. The van der Waals surface area contributed by atoms with Gasteiger partial charge in [0, 0.05) is 13.0 Å². The van der Waals surface area contributed by atoms with Gasteiger partial charge in [-0.25, -0.2) is 9.78 Å². The predicted octanol–water partition coefficient (Wildman–Crippen LogP) is 4.01. The molecule has 25 heavy (non-hydrogen) atoms. The van der Waals surface area contributed by atoms with Crippen LogP contribution in [0.5, 0.6) is 0 Å². The summed E-state index contributed by atoms with van der Waals surface area (Å²) >= 11 is 0. The molecule has 2 aromatic carbocycles. The Morgan fingerprint density at radius 3 is 2.20 bits per heavy atom. The molecule has 0 amide bonds. The number of rotatable bonds is 6. The molecule has 1 heterocycles. The Labute approximate surface area is 148 Å². The van der Waals surface area contributed by atoms with Crippen LogP contribution in [0.2, 0.25) is 0 Å². The molecule has 0 saturated heterocycles.